The summed E-state index contributed by atoms with van der Waals surface area (Å²) in [4.78, 5) is 41.6. The lowest BCUT2D eigenvalue weighted by Crippen LogP contribution is -2.32. The van der Waals surface area contributed by atoms with Crippen molar-refractivity contribution in [3.05, 3.63) is 59.3 Å². The van der Waals surface area contributed by atoms with Crippen molar-refractivity contribution >= 4 is 23.4 Å². The maximum Gasteiger partial charge on any atom is 0.367 e. The lowest BCUT2D eigenvalue weighted by Gasteiger charge is -2.12. The summed E-state index contributed by atoms with van der Waals surface area (Å²) < 4.78 is 1.28. The lowest BCUT2D eigenvalue weighted by atomic mass is 10.1. The van der Waals surface area contributed by atoms with Crippen molar-refractivity contribution in [2.75, 3.05) is 0 Å². The van der Waals surface area contributed by atoms with Crippen LogP contribution >= 0.6 is 0 Å². The number of carbonyl (C=O) groups is 3. The summed E-state index contributed by atoms with van der Waals surface area (Å²) in [5.74, 6) is -2.28. The first kappa shape index (κ1) is 13.1. The Morgan fingerprint density at radius 3 is 2.39 bits per heavy atom. The van der Waals surface area contributed by atoms with E-state index >= 15 is 0 Å². The quantitative estimate of drug-likeness (QED) is 0.634. The van der Waals surface area contributed by atoms with E-state index in [1.54, 1.807) is 24.4 Å². The van der Waals surface area contributed by atoms with Gasteiger partial charge < -0.3 is 4.84 Å². The third-order valence-corrected chi connectivity index (χ3v) is 3.37. The van der Waals surface area contributed by atoms with Gasteiger partial charge in [-0.1, -0.05) is 17.2 Å². The van der Waals surface area contributed by atoms with Gasteiger partial charge in [0.1, 0.15) is 5.56 Å². The number of pyridine rings is 1. The summed E-state index contributed by atoms with van der Waals surface area (Å²) >= 11 is 0. The molecule has 0 aliphatic carbocycles. The zero-order chi connectivity index (χ0) is 16.0. The molecule has 0 unspecified atom stereocenters. The van der Waals surface area contributed by atoms with Gasteiger partial charge in [0, 0.05) is 6.20 Å². The fourth-order valence-corrected chi connectivity index (χ4v) is 2.31. The highest BCUT2D eigenvalue weighted by Crippen LogP contribution is 2.23. The monoisotopic (exact) mass is 309 g/mol. The topological polar surface area (TPSA) is 107 Å². The Kier molecular flexibility index (Phi) is 2.67. The number of nitrogens with zero attached hydrogens (tertiary/aromatic N) is 5. The summed E-state index contributed by atoms with van der Waals surface area (Å²) in [6, 6.07) is 9.21. The molecule has 0 saturated carbocycles. The van der Waals surface area contributed by atoms with E-state index in [2.05, 4.69) is 15.5 Å². The Hall–Kier alpha value is -3.62. The number of hydrogen-bond donors (Lipinski definition) is 0. The summed E-state index contributed by atoms with van der Waals surface area (Å²) in [5.41, 5.74) is 0.573. The number of rotatable bonds is 2. The summed E-state index contributed by atoms with van der Waals surface area (Å²) in [5, 5.41) is 11.3. The third kappa shape index (κ3) is 1.87. The van der Waals surface area contributed by atoms with Crippen LogP contribution in [0.1, 0.15) is 31.1 Å². The molecule has 0 saturated heterocycles. The number of imide groups is 1. The van der Waals surface area contributed by atoms with Crippen molar-refractivity contribution in [3.63, 3.8) is 0 Å². The molecule has 112 valence electrons. The molecule has 0 radical (unpaired) electrons. The van der Waals surface area contributed by atoms with Crippen LogP contribution in [0, 0.1) is 0 Å². The Labute approximate surface area is 128 Å². The van der Waals surface area contributed by atoms with E-state index in [0.717, 1.165) is 0 Å². The molecule has 0 spiro atoms. The molecule has 1 aliphatic rings. The standard InChI is InChI=1S/C14H7N5O4/c20-12-8-4-1-2-5-9(8)13(21)19(12)23-14(22)10-6-3-7-18-11(10)15-16-17-18/h1-7H. The van der Waals surface area contributed by atoms with Crippen LogP contribution in [0.4, 0.5) is 0 Å². The molecule has 9 nitrogen and oxygen atoms in total. The van der Waals surface area contributed by atoms with Crippen molar-refractivity contribution in [1.82, 2.24) is 25.1 Å². The van der Waals surface area contributed by atoms with Crippen molar-refractivity contribution in [2.45, 2.75) is 0 Å². The predicted molar refractivity (Wildman–Crippen MR) is 73.1 cm³/mol. The lowest BCUT2D eigenvalue weighted by molar-refractivity contribution is -0.0583. The second kappa shape index (κ2) is 4.70. The van der Waals surface area contributed by atoms with Crippen LogP contribution in [0.15, 0.2) is 42.6 Å². The average Bonchev–Trinajstić information content (AvgIpc) is 3.14. The second-order valence-electron chi connectivity index (χ2n) is 4.70. The molecule has 9 heteroatoms. The Bertz CT molecular complexity index is 945. The average molecular weight is 309 g/mol. The molecule has 0 bridgehead atoms. The van der Waals surface area contributed by atoms with E-state index < -0.39 is 17.8 Å². The maximum atomic E-state index is 12.3. The molecular weight excluding hydrogens is 302 g/mol. The van der Waals surface area contributed by atoms with Gasteiger partial charge in [0.15, 0.2) is 5.65 Å². The Balaban J connectivity index is 1.67. The smallest absolute Gasteiger partial charge is 0.324 e. The van der Waals surface area contributed by atoms with Gasteiger partial charge in [-0.05, 0) is 34.7 Å². The van der Waals surface area contributed by atoms with Crippen LogP contribution in [0.3, 0.4) is 0 Å². The fraction of sp³-hybridized carbons (Fsp3) is 0. The number of benzene rings is 1. The van der Waals surface area contributed by atoms with E-state index in [1.807, 2.05) is 0 Å². The Morgan fingerprint density at radius 1 is 1.00 bits per heavy atom. The van der Waals surface area contributed by atoms with Crippen LogP contribution in [0.25, 0.3) is 5.65 Å². The van der Waals surface area contributed by atoms with Crippen molar-refractivity contribution in [2.24, 2.45) is 0 Å². The second-order valence-corrected chi connectivity index (χ2v) is 4.70. The number of amides is 2. The first-order valence-electron chi connectivity index (χ1n) is 6.53. The number of tetrazole rings is 1. The van der Waals surface area contributed by atoms with Crippen LogP contribution in [0.2, 0.25) is 0 Å². The highest BCUT2D eigenvalue weighted by atomic mass is 16.7. The first-order chi connectivity index (χ1) is 11.2. The molecule has 3 heterocycles. The molecule has 4 rings (SSSR count). The number of aromatic nitrogens is 4. The molecule has 0 N–H and O–H groups in total. The van der Waals surface area contributed by atoms with Gasteiger partial charge in [0.2, 0.25) is 0 Å². The van der Waals surface area contributed by atoms with E-state index in [9.17, 15) is 14.4 Å². The van der Waals surface area contributed by atoms with Crippen molar-refractivity contribution < 1.29 is 19.2 Å². The zero-order valence-corrected chi connectivity index (χ0v) is 11.4. The normalized spacial score (nSPS) is 13.5. The van der Waals surface area contributed by atoms with Gasteiger partial charge in [-0.2, -0.15) is 4.52 Å². The third-order valence-electron chi connectivity index (χ3n) is 3.37. The van der Waals surface area contributed by atoms with Gasteiger partial charge in [0.05, 0.1) is 11.1 Å². The van der Waals surface area contributed by atoms with Gasteiger partial charge in [-0.25, -0.2) is 4.79 Å². The molecule has 0 atom stereocenters. The highest BCUT2D eigenvalue weighted by molar-refractivity contribution is 6.21. The molecule has 2 amide bonds. The van der Waals surface area contributed by atoms with E-state index in [4.69, 9.17) is 4.84 Å². The van der Waals surface area contributed by atoms with Crippen LogP contribution in [0.5, 0.6) is 0 Å². The van der Waals surface area contributed by atoms with Crippen LogP contribution in [-0.4, -0.2) is 42.9 Å². The molecule has 1 aliphatic heterocycles. The maximum absolute atomic E-state index is 12.3. The predicted octanol–water partition coefficient (Wildman–Crippen LogP) is 0.492. The van der Waals surface area contributed by atoms with Crippen molar-refractivity contribution in [1.29, 1.82) is 0 Å². The minimum Gasteiger partial charge on any atom is -0.324 e. The molecule has 3 aromatic rings. The minimum absolute atomic E-state index is 0.0362. The summed E-state index contributed by atoms with van der Waals surface area (Å²) in [7, 11) is 0. The number of fused-ring (bicyclic) bond motifs is 2. The summed E-state index contributed by atoms with van der Waals surface area (Å²) in [6.45, 7) is 0. The van der Waals surface area contributed by atoms with E-state index in [0.29, 0.717) is 5.06 Å². The molecule has 23 heavy (non-hydrogen) atoms. The van der Waals surface area contributed by atoms with E-state index in [-0.39, 0.29) is 22.3 Å². The van der Waals surface area contributed by atoms with E-state index in [1.165, 1.54) is 22.7 Å². The molecule has 0 fully saturated rings. The molecule has 2 aromatic heterocycles. The first-order valence-corrected chi connectivity index (χ1v) is 6.53. The van der Waals surface area contributed by atoms with Crippen LogP contribution in [-0.2, 0) is 4.84 Å². The zero-order valence-electron chi connectivity index (χ0n) is 11.4. The van der Waals surface area contributed by atoms with Gasteiger partial charge >= 0.3 is 5.97 Å². The number of hydroxylamine groups is 2. The molecule has 1 aromatic carbocycles. The Morgan fingerprint density at radius 2 is 1.70 bits per heavy atom. The van der Waals surface area contributed by atoms with Gasteiger partial charge in [0.25, 0.3) is 11.8 Å². The number of hydrogen-bond acceptors (Lipinski definition) is 7. The fourth-order valence-electron chi connectivity index (χ4n) is 2.31. The number of carbonyl (C=O) groups excluding carboxylic acids is 3. The van der Waals surface area contributed by atoms with Crippen LogP contribution < -0.4 is 0 Å². The van der Waals surface area contributed by atoms with Crippen molar-refractivity contribution in [3.8, 4) is 0 Å². The van der Waals surface area contributed by atoms with Gasteiger partial charge in [-0.15, -0.1) is 5.10 Å². The minimum atomic E-state index is -0.903. The summed E-state index contributed by atoms with van der Waals surface area (Å²) in [6.07, 6.45) is 1.55. The molecular formula is C14H7N5O4. The SMILES string of the molecule is O=C(ON1C(=O)c2ccccc2C1=O)c1cccn2nnnc12. The van der Waals surface area contributed by atoms with Gasteiger partial charge in [-0.3, -0.25) is 9.59 Å². The largest absolute Gasteiger partial charge is 0.367 e. The highest BCUT2D eigenvalue weighted by Gasteiger charge is 2.39.